The SMILES string of the molecule is Nc1ccc2nc(NCCSCCCO)[nH]c2c1. The molecule has 0 aliphatic rings. The van der Waals surface area contributed by atoms with E-state index in [4.69, 9.17) is 10.8 Å². The monoisotopic (exact) mass is 266 g/mol. The Balaban J connectivity index is 1.81. The molecule has 0 unspecified atom stereocenters. The van der Waals surface area contributed by atoms with Crippen molar-refractivity contribution in [3.05, 3.63) is 18.2 Å². The first-order valence-electron chi connectivity index (χ1n) is 5.97. The zero-order chi connectivity index (χ0) is 12.8. The van der Waals surface area contributed by atoms with Crippen LogP contribution in [0.5, 0.6) is 0 Å². The molecule has 0 aliphatic heterocycles. The largest absolute Gasteiger partial charge is 0.399 e. The highest BCUT2D eigenvalue weighted by atomic mass is 32.2. The number of nitrogen functional groups attached to an aromatic ring is 1. The Bertz CT molecular complexity index is 500. The van der Waals surface area contributed by atoms with Crippen LogP contribution >= 0.6 is 11.8 Å². The van der Waals surface area contributed by atoms with Gasteiger partial charge in [0, 0.05) is 24.6 Å². The number of hydrogen-bond donors (Lipinski definition) is 4. The van der Waals surface area contributed by atoms with Gasteiger partial charge in [0.15, 0.2) is 0 Å². The molecule has 0 fully saturated rings. The summed E-state index contributed by atoms with van der Waals surface area (Å²) in [6, 6.07) is 5.63. The Kier molecular flexibility index (Phi) is 4.72. The molecule has 0 aliphatic carbocycles. The zero-order valence-electron chi connectivity index (χ0n) is 10.1. The number of thioether (sulfide) groups is 1. The van der Waals surface area contributed by atoms with E-state index in [2.05, 4.69) is 15.3 Å². The smallest absolute Gasteiger partial charge is 0.201 e. The Morgan fingerprint density at radius 1 is 1.39 bits per heavy atom. The minimum atomic E-state index is 0.269. The summed E-state index contributed by atoms with van der Waals surface area (Å²) in [7, 11) is 0. The van der Waals surface area contributed by atoms with E-state index in [9.17, 15) is 0 Å². The second-order valence-corrected chi connectivity index (χ2v) is 5.20. The molecule has 98 valence electrons. The second-order valence-electron chi connectivity index (χ2n) is 3.98. The molecule has 6 heteroatoms. The van der Waals surface area contributed by atoms with Crippen molar-refractivity contribution in [1.29, 1.82) is 0 Å². The fraction of sp³-hybridized carbons (Fsp3) is 0.417. The first-order chi connectivity index (χ1) is 8.79. The van der Waals surface area contributed by atoms with Crippen molar-refractivity contribution in [1.82, 2.24) is 9.97 Å². The van der Waals surface area contributed by atoms with Gasteiger partial charge in [0.1, 0.15) is 0 Å². The minimum absolute atomic E-state index is 0.269. The number of aliphatic hydroxyl groups excluding tert-OH is 1. The van der Waals surface area contributed by atoms with Crippen molar-refractivity contribution in [2.45, 2.75) is 6.42 Å². The molecule has 1 heterocycles. The highest BCUT2D eigenvalue weighted by Crippen LogP contribution is 2.17. The van der Waals surface area contributed by atoms with Gasteiger partial charge in [0.2, 0.25) is 5.95 Å². The molecule has 0 spiro atoms. The summed E-state index contributed by atoms with van der Waals surface area (Å²) in [5.41, 5.74) is 8.31. The molecule has 0 radical (unpaired) electrons. The molecular formula is C12H18N4OS. The predicted octanol–water partition coefficient (Wildman–Crippen LogP) is 1.67. The molecule has 0 saturated carbocycles. The highest BCUT2D eigenvalue weighted by molar-refractivity contribution is 7.99. The van der Waals surface area contributed by atoms with Crippen LogP contribution in [0.3, 0.4) is 0 Å². The zero-order valence-corrected chi connectivity index (χ0v) is 11.0. The molecule has 0 saturated heterocycles. The minimum Gasteiger partial charge on any atom is -0.399 e. The van der Waals surface area contributed by atoms with Crippen molar-refractivity contribution < 1.29 is 5.11 Å². The molecule has 0 atom stereocenters. The summed E-state index contributed by atoms with van der Waals surface area (Å²) in [6.07, 6.45) is 0.856. The van der Waals surface area contributed by atoms with Gasteiger partial charge in [-0.25, -0.2) is 4.98 Å². The lowest BCUT2D eigenvalue weighted by atomic mass is 10.3. The van der Waals surface area contributed by atoms with Gasteiger partial charge >= 0.3 is 0 Å². The maximum Gasteiger partial charge on any atom is 0.201 e. The summed E-state index contributed by atoms with van der Waals surface area (Å²) in [4.78, 5) is 7.60. The van der Waals surface area contributed by atoms with Crippen LogP contribution in [0.25, 0.3) is 11.0 Å². The number of aliphatic hydroxyl groups is 1. The van der Waals surface area contributed by atoms with Crippen LogP contribution in [-0.4, -0.2) is 39.7 Å². The lowest BCUT2D eigenvalue weighted by Crippen LogP contribution is -2.05. The van der Waals surface area contributed by atoms with Crippen LogP contribution < -0.4 is 11.1 Å². The molecule has 0 bridgehead atoms. The van der Waals surface area contributed by atoms with E-state index >= 15 is 0 Å². The highest BCUT2D eigenvalue weighted by Gasteiger charge is 2.01. The molecule has 5 N–H and O–H groups in total. The fourth-order valence-electron chi connectivity index (χ4n) is 1.62. The molecule has 2 aromatic rings. The summed E-state index contributed by atoms with van der Waals surface area (Å²) >= 11 is 1.82. The average Bonchev–Trinajstić information content (AvgIpc) is 2.75. The number of aromatic nitrogens is 2. The van der Waals surface area contributed by atoms with Gasteiger partial charge in [-0.05, 0) is 30.4 Å². The van der Waals surface area contributed by atoms with Crippen LogP contribution in [0.15, 0.2) is 18.2 Å². The summed E-state index contributed by atoms with van der Waals surface area (Å²) in [5.74, 6) is 2.77. The van der Waals surface area contributed by atoms with E-state index in [1.165, 1.54) is 0 Å². The maximum absolute atomic E-state index is 8.65. The van der Waals surface area contributed by atoms with Crippen LogP contribution in [0.4, 0.5) is 11.6 Å². The van der Waals surface area contributed by atoms with E-state index in [0.717, 1.165) is 47.1 Å². The van der Waals surface area contributed by atoms with E-state index < -0.39 is 0 Å². The fourth-order valence-corrected chi connectivity index (χ4v) is 2.40. The van der Waals surface area contributed by atoms with E-state index in [0.29, 0.717) is 0 Å². The molecule has 0 amide bonds. The second kappa shape index (κ2) is 6.51. The van der Waals surface area contributed by atoms with Gasteiger partial charge in [-0.1, -0.05) is 0 Å². The molecule has 5 nitrogen and oxygen atoms in total. The van der Waals surface area contributed by atoms with Crippen molar-refractivity contribution in [2.24, 2.45) is 0 Å². The van der Waals surface area contributed by atoms with E-state index in [-0.39, 0.29) is 6.61 Å². The lowest BCUT2D eigenvalue weighted by molar-refractivity contribution is 0.296. The first-order valence-corrected chi connectivity index (χ1v) is 7.13. The predicted molar refractivity (Wildman–Crippen MR) is 78.0 cm³/mol. The Labute approximate surface area is 110 Å². The Morgan fingerprint density at radius 3 is 3.11 bits per heavy atom. The van der Waals surface area contributed by atoms with Gasteiger partial charge < -0.3 is 21.1 Å². The number of nitrogens with one attached hydrogen (secondary N) is 2. The topological polar surface area (TPSA) is 87.0 Å². The molecule has 1 aromatic carbocycles. The van der Waals surface area contributed by atoms with Gasteiger partial charge in [-0.3, -0.25) is 0 Å². The number of fused-ring (bicyclic) bond motifs is 1. The standard InChI is InChI=1S/C12H18N4OS/c13-9-2-3-10-11(8-9)16-12(15-10)14-4-7-18-6-1-5-17/h2-3,8,17H,1,4-7,13H2,(H2,14,15,16). The average molecular weight is 266 g/mol. The molecule has 1 aromatic heterocycles. The number of rotatable bonds is 7. The number of nitrogens with zero attached hydrogens (tertiary/aromatic N) is 1. The van der Waals surface area contributed by atoms with Crippen LogP contribution in [-0.2, 0) is 0 Å². The lowest BCUT2D eigenvalue weighted by Gasteiger charge is -2.01. The van der Waals surface area contributed by atoms with Crippen molar-refractivity contribution in [3.63, 3.8) is 0 Å². The number of benzene rings is 1. The Hall–Kier alpha value is -1.40. The number of imidazole rings is 1. The van der Waals surface area contributed by atoms with Crippen LogP contribution in [0.2, 0.25) is 0 Å². The third kappa shape index (κ3) is 3.54. The summed E-state index contributed by atoms with van der Waals surface area (Å²) < 4.78 is 0. The third-order valence-electron chi connectivity index (χ3n) is 2.49. The number of H-pyrrole nitrogens is 1. The molecule has 18 heavy (non-hydrogen) atoms. The number of aromatic amines is 1. The van der Waals surface area contributed by atoms with E-state index in [1.807, 2.05) is 30.0 Å². The normalized spacial score (nSPS) is 10.9. The van der Waals surface area contributed by atoms with Crippen molar-refractivity contribution in [3.8, 4) is 0 Å². The molecule has 2 rings (SSSR count). The number of anilines is 2. The van der Waals surface area contributed by atoms with Gasteiger partial charge in [0.25, 0.3) is 0 Å². The Morgan fingerprint density at radius 2 is 2.28 bits per heavy atom. The van der Waals surface area contributed by atoms with Crippen molar-refractivity contribution in [2.75, 3.05) is 35.7 Å². The summed E-state index contributed by atoms with van der Waals surface area (Å²) in [6.45, 7) is 1.12. The van der Waals surface area contributed by atoms with Gasteiger partial charge in [-0.2, -0.15) is 11.8 Å². The molecular weight excluding hydrogens is 248 g/mol. The quantitative estimate of drug-likeness (QED) is 0.452. The first kappa shape index (κ1) is 13.0. The van der Waals surface area contributed by atoms with Crippen LogP contribution in [0.1, 0.15) is 6.42 Å². The summed E-state index contributed by atoms with van der Waals surface area (Å²) in [5, 5.41) is 11.9. The van der Waals surface area contributed by atoms with Crippen LogP contribution in [0, 0.1) is 0 Å². The van der Waals surface area contributed by atoms with Gasteiger partial charge in [-0.15, -0.1) is 0 Å². The van der Waals surface area contributed by atoms with Gasteiger partial charge in [0.05, 0.1) is 11.0 Å². The van der Waals surface area contributed by atoms with Crippen molar-refractivity contribution >= 4 is 34.4 Å². The third-order valence-corrected chi connectivity index (χ3v) is 3.56. The number of hydrogen-bond acceptors (Lipinski definition) is 5. The number of nitrogens with two attached hydrogens (primary N) is 1. The van der Waals surface area contributed by atoms with E-state index in [1.54, 1.807) is 0 Å². The maximum atomic E-state index is 8.65.